The smallest absolute Gasteiger partial charge is 0.115 e. The molecular weight excluding hydrogens is 278 g/mol. The number of nitrogens with zero attached hydrogens (tertiary/aromatic N) is 3. The van der Waals surface area contributed by atoms with Crippen molar-refractivity contribution in [2.24, 2.45) is 0 Å². The molecule has 0 saturated heterocycles. The lowest BCUT2D eigenvalue weighted by Crippen LogP contribution is -2.03. The molecule has 0 saturated carbocycles. The molecule has 0 fully saturated rings. The first kappa shape index (κ1) is 11.7. The minimum absolute atomic E-state index is 0.351. The lowest BCUT2D eigenvalue weighted by atomic mass is 9.93. The first-order valence-corrected chi connectivity index (χ1v) is 5.93. The molecular formula is C13H10BrN3. The van der Waals surface area contributed by atoms with Gasteiger partial charge in [-0.1, -0.05) is 22.0 Å². The van der Waals surface area contributed by atoms with Gasteiger partial charge in [0.15, 0.2) is 0 Å². The molecule has 2 aromatic rings. The first-order chi connectivity index (χ1) is 8.22. The van der Waals surface area contributed by atoms with E-state index in [1.54, 1.807) is 12.3 Å². The van der Waals surface area contributed by atoms with Crippen molar-refractivity contribution < 1.29 is 0 Å². The molecule has 1 atom stereocenters. The van der Waals surface area contributed by atoms with Crippen molar-refractivity contribution >= 4 is 15.9 Å². The highest BCUT2D eigenvalue weighted by Gasteiger charge is 2.16. The molecule has 1 aromatic carbocycles. The summed E-state index contributed by atoms with van der Waals surface area (Å²) in [6.07, 6.45) is 3.12. The van der Waals surface area contributed by atoms with E-state index in [2.05, 4.69) is 32.0 Å². The number of aromatic nitrogens is 2. The molecule has 0 amide bonds. The molecule has 0 aliphatic heterocycles. The third kappa shape index (κ3) is 2.51. The van der Waals surface area contributed by atoms with E-state index in [0.29, 0.717) is 0 Å². The average Bonchev–Trinajstić information content (AvgIpc) is 2.36. The molecule has 0 aliphatic rings. The van der Waals surface area contributed by atoms with Crippen LogP contribution in [0.3, 0.4) is 0 Å². The molecule has 0 N–H and O–H groups in total. The Balaban J connectivity index is 2.51. The van der Waals surface area contributed by atoms with Gasteiger partial charge < -0.3 is 0 Å². The van der Waals surface area contributed by atoms with Gasteiger partial charge in [0, 0.05) is 10.7 Å². The molecule has 1 unspecified atom stereocenters. The Hall–Kier alpha value is -1.73. The molecule has 0 radical (unpaired) electrons. The minimum atomic E-state index is -0.351. The zero-order valence-electron chi connectivity index (χ0n) is 9.26. The van der Waals surface area contributed by atoms with Crippen LogP contribution in [0.25, 0.3) is 0 Å². The molecule has 4 heteroatoms. The number of hydrogen-bond acceptors (Lipinski definition) is 3. The molecule has 2 rings (SSSR count). The van der Waals surface area contributed by atoms with E-state index >= 15 is 0 Å². The Morgan fingerprint density at radius 2 is 2.18 bits per heavy atom. The zero-order valence-corrected chi connectivity index (χ0v) is 10.8. The standard InChI is InChI=1S/C13H10BrN3/c1-9-2-3-10(14)6-11(9)12(7-15)13-4-5-16-8-17-13/h2-6,8,12H,1H3. The summed E-state index contributed by atoms with van der Waals surface area (Å²) in [7, 11) is 0. The largest absolute Gasteiger partial charge is 0.245 e. The van der Waals surface area contributed by atoms with Gasteiger partial charge in [0.25, 0.3) is 0 Å². The molecule has 0 aliphatic carbocycles. The van der Waals surface area contributed by atoms with E-state index < -0.39 is 0 Å². The van der Waals surface area contributed by atoms with Crippen molar-refractivity contribution in [2.75, 3.05) is 0 Å². The van der Waals surface area contributed by atoms with Crippen molar-refractivity contribution in [3.05, 3.63) is 58.1 Å². The van der Waals surface area contributed by atoms with Crippen LogP contribution < -0.4 is 0 Å². The summed E-state index contributed by atoms with van der Waals surface area (Å²) >= 11 is 3.42. The predicted octanol–water partition coefficient (Wildman–Crippen LogP) is 3.20. The Kier molecular flexibility index (Phi) is 3.50. The van der Waals surface area contributed by atoms with Gasteiger partial charge in [0.05, 0.1) is 11.8 Å². The summed E-state index contributed by atoms with van der Waals surface area (Å²) in [6, 6.07) is 9.98. The second-order valence-corrected chi connectivity index (χ2v) is 4.61. The Labute approximate surface area is 108 Å². The second-order valence-electron chi connectivity index (χ2n) is 3.70. The predicted molar refractivity (Wildman–Crippen MR) is 68.4 cm³/mol. The van der Waals surface area contributed by atoms with Crippen LogP contribution in [0.15, 0.2) is 41.3 Å². The fraction of sp³-hybridized carbons (Fsp3) is 0.154. The highest BCUT2D eigenvalue weighted by atomic mass is 79.9. The van der Waals surface area contributed by atoms with Crippen LogP contribution in [0, 0.1) is 18.3 Å². The van der Waals surface area contributed by atoms with Crippen LogP contribution in [0.2, 0.25) is 0 Å². The number of aryl methyl sites for hydroxylation is 1. The van der Waals surface area contributed by atoms with E-state index in [-0.39, 0.29) is 5.92 Å². The Bertz CT molecular complexity index is 561. The van der Waals surface area contributed by atoms with Gasteiger partial charge in [0.2, 0.25) is 0 Å². The number of rotatable bonds is 2. The molecule has 1 heterocycles. The van der Waals surface area contributed by atoms with Crippen LogP contribution >= 0.6 is 15.9 Å². The first-order valence-electron chi connectivity index (χ1n) is 5.14. The highest BCUT2D eigenvalue weighted by Crippen LogP contribution is 2.27. The fourth-order valence-electron chi connectivity index (χ4n) is 1.69. The summed E-state index contributed by atoms with van der Waals surface area (Å²) in [5, 5.41) is 9.32. The summed E-state index contributed by atoms with van der Waals surface area (Å²) in [4.78, 5) is 8.01. The third-order valence-corrected chi connectivity index (χ3v) is 3.08. The lowest BCUT2D eigenvalue weighted by Gasteiger charge is -2.12. The quantitative estimate of drug-likeness (QED) is 0.852. The normalized spacial score (nSPS) is 11.8. The Morgan fingerprint density at radius 3 is 2.82 bits per heavy atom. The maximum absolute atomic E-state index is 9.32. The molecule has 3 nitrogen and oxygen atoms in total. The molecule has 0 spiro atoms. The second kappa shape index (κ2) is 5.07. The summed E-state index contributed by atoms with van der Waals surface area (Å²) in [5.41, 5.74) is 2.78. The summed E-state index contributed by atoms with van der Waals surface area (Å²) in [6.45, 7) is 1.99. The fourth-order valence-corrected chi connectivity index (χ4v) is 2.07. The van der Waals surface area contributed by atoms with Crippen molar-refractivity contribution in [1.29, 1.82) is 5.26 Å². The van der Waals surface area contributed by atoms with Gasteiger partial charge in [-0.05, 0) is 36.2 Å². The molecule has 17 heavy (non-hydrogen) atoms. The lowest BCUT2D eigenvalue weighted by molar-refractivity contribution is 0.933. The summed E-state index contributed by atoms with van der Waals surface area (Å²) in [5.74, 6) is -0.351. The van der Waals surface area contributed by atoms with E-state index in [1.807, 2.05) is 25.1 Å². The number of benzene rings is 1. The number of halogens is 1. The van der Waals surface area contributed by atoms with Crippen molar-refractivity contribution in [1.82, 2.24) is 9.97 Å². The zero-order chi connectivity index (χ0) is 12.3. The number of hydrogen-bond donors (Lipinski definition) is 0. The van der Waals surface area contributed by atoms with Gasteiger partial charge in [0.1, 0.15) is 12.2 Å². The van der Waals surface area contributed by atoms with Gasteiger partial charge in [-0.2, -0.15) is 5.26 Å². The topological polar surface area (TPSA) is 49.6 Å². The van der Waals surface area contributed by atoms with E-state index in [4.69, 9.17) is 0 Å². The molecule has 0 bridgehead atoms. The van der Waals surface area contributed by atoms with E-state index in [9.17, 15) is 5.26 Å². The van der Waals surface area contributed by atoms with Crippen LogP contribution in [-0.2, 0) is 0 Å². The minimum Gasteiger partial charge on any atom is -0.245 e. The van der Waals surface area contributed by atoms with E-state index in [0.717, 1.165) is 21.3 Å². The monoisotopic (exact) mass is 287 g/mol. The van der Waals surface area contributed by atoms with Crippen LogP contribution in [-0.4, -0.2) is 9.97 Å². The van der Waals surface area contributed by atoms with Gasteiger partial charge in [-0.15, -0.1) is 0 Å². The van der Waals surface area contributed by atoms with Gasteiger partial charge in [-0.25, -0.2) is 9.97 Å². The third-order valence-electron chi connectivity index (χ3n) is 2.58. The maximum atomic E-state index is 9.32. The SMILES string of the molecule is Cc1ccc(Br)cc1C(C#N)c1ccncn1. The van der Waals surface area contributed by atoms with Crippen molar-refractivity contribution in [2.45, 2.75) is 12.8 Å². The highest BCUT2D eigenvalue weighted by molar-refractivity contribution is 9.10. The molecule has 84 valence electrons. The van der Waals surface area contributed by atoms with Crippen LogP contribution in [0.5, 0.6) is 0 Å². The van der Waals surface area contributed by atoms with Crippen LogP contribution in [0.1, 0.15) is 22.7 Å². The van der Waals surface area contributed by atoms with Crippen molar-refractivity contribution in [3.8, 4) is 6.07 Å². The summed E-state index contributed by atoms with van der Waals surface area (Å²) < 4.78 is 0.965. The van der Waals surface area contributed by atoms with Crippen molar-refractivity contribution in [3.63, 3.8) is 0 Å². The van der Waals surface area contributed by atoms with Gasteiger partial charge in [-0.3, -0.25) is 0 Å². The van der Waals surface area contributed by atoms with Crippen LogP contribution in [0.4, 0.5) is 0 Å². The Morgan fingerprint density at radius 1 is 1.35 bits per heavy atom. The van der Waals surface area contributed by atoms with E-state index in [1.165, 1.54) is 6.33 Å². The average molecular weight is 288 g/mol. The van der Waals surface area contributed by atoms with Gasteiger partial charge >= 0.3 is 0 Å². The number of nitriles is 1. The molecule has 1 aromatic heterocycles. The maximum Gasteiger partial charge on any atom is 0.115 e.